The Balaban J connectivity index is 1.07. The highest BCUT2D eigenvalue weighted by Crippen LogP contribution is 2.30. The highest BCUT2D eigenvalue weighted by molar-refractivity contribution is 5.92. The Morgan fingerprint density at radius 1 is 1.07 bits per heavy atom. The number of methoxy groups -OCH3 is 1. The summed E-state index contributed by atoms with van der Waals surface area (Å²) in [7, 11) is 1.63. The van der Waals surface area contributed by atoms with Crippen molar-refractivity contribution in [2.75, 3.05) is 26.8 Å². The lowest BCUT2D eigenvalue weighted by atomic mass is 9.93. The summed E-state index contributed by atoms with van der Waals surface area (Å²) in [6, 6.07) is 15.1. The molecule has 2 aromatic carbocycles. The number of nitrogens with zero attached hydrogens (tertiary/aromatic N) is 6. The fourth-order valence-electron chi connectivity index (χ4n) is 5.77. The zero-order valence-electron chi connectivity index (χ0n) is 25.2. The number of carbonyl (C=O) groups is 1. The summed E-state index contributed by atoms with van der Waals surface area (Å²) in [5.41, 5.74) is 3.83. The molecule has 3 aromatic heterocycles. The number of hydrogen-bond donors (Lipinski definition) is 1. The van der Waals surface area contributed by atoms with Crippen LogP contribution in [0.4, 0.5) is 13.2 Å². The predicted octanol–water partition coefficient (Wildman–Crippen LogP) is 6.13. The zero-order chi connectivity index (χ0) is 32.2. The minimum Gasteiger partial charge on any atom is -0.478 e. The van der Waals surface area contributed by atoms with E-state index < -0.39 is 18.3 Å². The van der Waals surface area contributed by atoms with Gasteiger partial charge < -0.3 is 19.1 Å². The normalized spacial score (nSPS) is 14.4. The van der Waals surface area contributed by atoms with E-state index >= 15 is 0 Å². The monoisotopic (exact) mass is 634 g/mol. The van der Waals surface area contributed by atoms with Crippen LogP contribution in [0, 0.1) is 5.82 Å². The standard InChI is InChI=1S/C33H33F3N6O4/c1-45-14-13-41-29-16-23(32(43)44)7-8-28(29)38-30(41)19-40-11-9-21(10-12-40)27-3-2-4-31(39-27)46-20-24-6-5-22(15-26(24)34)25-17-37-42(18-25)33(35)36/h2-8,15-18,21,33H,9-14,19-20H2,1H3,(H,43,44). The average Bonchev–Trinajstić information content (AvgIpc) is 3.69. The van der Waals surface area contributed by atoms with Crippen molar-refractivity contribution in [3.05, 3.63) is 95.5 Å². The molecule has 4 heterocycles. The molecule has 0 saturated carbocycles. The smallest absolute Gasteiger partial charge is 0.335 e. The van der Waals surface area contributed by atoms with Gasteiger partial charge in [0.15, 0.2) is 0 Å². The lowest BCUT2D eigenvalue weighted by Crippen LogP contribution is -2.33. The maximum absolute atomic E-state index is 14.8. The van der Waals surface area contributed by atoms with Crippen LogP contribution in [-0.4, -0.2) is 67.1 Å². The molecule has 0 amide bonds. The van der Waals surface area contributed by atoms with Crippen molar-refractivity contribution in [1.29, 1.82) is 0 Å². The van der Waals surface area contributed by atoms with Crippen molar-refractivity contribution in [1.82, 2.24) is 29.2 Å². The molecule has 1 saturated heterocycles. The minimum absolute atomic E-state index is 0.0324. The number of alkyl halides is 2. The van der Waals surface area contributed by atoms with Crippen LogP contribution < -0.4 is 4.74 Å². The molecule has 10 nitrogen and oxygen atoms in total. The van der Waals surface area contributed by atoms with Crippen LogP contribution in [0.1, 0.15) is 52.7 Å². The number of imidazole rings is 1. The van der Waals surface area contributed by atoms with Gasteiger partial charge in [0.05, 0.1) is 35.9 Å². The van der Waals surface area contributed by atoms with Crippen molar-refractivity contribution in [2.45, 2.75) is 45.0 Å². The first-order valence-corrected chi connectivity index (χ1v) is 14.9. The number of aromatic carboxylic acids is 1. The number of hydrogen-bond acceptors (Lipinski definition) is 7. The number of halogens is 3. The Hall–Kier alpha value is -4.75. The molecule has 0 radical (unpaired) electrons. The van der Waals surface area contributed by atoms with Crippen LogP contribution in [0.15, 0.2) is 67.0 Å². The molecule has 0 aliphatic carbocycles. The molecule has 0 atom stereocenters. The number of benzene rings is 2. The second-order valence-corrected chi connectivity index (χ2v) is 11.2. The number of carboxylic acids is 1. The van der Waals surface area contributed by atoms with Gasteiger partial charge in [-0.1, -0.05) is 18.2 Å². The summed E-state index contributed by atoms with van der Waals surface area (Å²) in [6.07, 6.45) is 4.22. The van der Waals surface area contributed by atoms with Gasteiger partial charge in [0.1, 0.15) is 18.2 Å². The second kappa shape index (κ2) is 13.7. The third-order valence-corrected chi connectivity index (χ3v) is 8.27. The van der Waals surface area contributed by atoms with Gasteiger partial charge in [0.25, 0.3) is 0 Å². The Bertz CT molecular complexity index is 1830. The van der Waals surface area contributed by atoms with Gasteiger partial charge in [0, 0.05) is 48.7 Å². The van der Waals surface area contributed by atoms with Gasteiger partial charge in [0.2, 0.25) is 5.88 Å². The number of pyridine rings is 1. The Morgan fingerprint density at radius 2 is 1.89 bits per heavy atom. The van der Waals surface area contributed by atoms with Crippen LogP contribution in [0.3, 0.4) is 0 Å². The van der Waals surface area contributed by atoms with E-state index in [4.69, 9.17) is 19.4 Å². The van der Waals surface area contributed by atoms with Gasteiger partial charge in [-0.05, 0) is 61.8 Å². The van der Waals surface area contributed by atoms with Crippen LogP contribution >= 0.6 is 0 Å². The third-order valence-electron chi connectivity index (χ3n) is 8.27. The Morgan fingerprint density at radius 3 is 2.61 bits per heavy atom. The summed E-state index contributed by atoms with van der Waals surface area (Å²) < 4.78 is 54.2. The minimum atomic E-state index is -2.76. The van der Waals surface area contributed by atoms with Crippen LogP contribution in [0.5, 0.6) is 5.88 Å². The molecule has 0 bridgehead atoms. The number of likely N-dealkylation sites (tertiary alicyclic amines) is 1. The van der Waals surface area contributed by atoms with Crippen LogP contribution in [0.25, 0.3) is 22.2 Å². The fraction of sp³-hybridized carbons (Fsp3) is 0.333. The van der Waals surface area contributed by atoms with E-state index in [9.17, 15) is 23.1 Å². The van der Waals surface area contributed by atoms with E-state index in [1.165, 1.54) is 18.5 Å². The summed E-state index contributed by atoms with van der Waals surface area (Å²) in [4.78, 5) is 23.4. The topological polar surface area (TPSA) is 108 Å². The maximum Gasteiger partial charge on any atom is 0.335 e. The maximum atomic E-state index is 14.8. The second-order valence-electron chi connectivity index (χ2n) is 11.2. The van der Waals surface area contributed by atoms with E-state index in [1.807, 2.05) is 16.7 Å². The molecule has 5 aromatic rings. The first-order valence-electron chi connectivity index (χ1n) is 14.9. The lowest BCUT2D eigenvalue weighted by Gasteiger charge is -2.31. The molecule has 1 aliphatic rings. The molecule has 0 spiro atoms. The Kier molecular flexibility index (Phi) is 9.31. The average molecular weight is 635 g/mol. The first-order chi connectivity index (χ1) is 22.3. The Labute approximate surface area is 263 Å². The lowest BCUT2D eigenvalue weighted by molar-refractivity contribution is 0.0566. The number of fused-ring (bicyclic) bond motifs is 1. The predicted molar refractivity (Wildman–Crippen MR) is 163 cm³/mol. The van der Waals surface area contributed by atoms with Crippen molar-refractivity contribution >= 4 is 17.0 Å². The van der Waals surface area contributed by atoms with Crippen molar-refractivity contribution in [2.24, 2.45) is 0 Å². The SMILES string of the molecule is COCCn1c(CN2CCC(c3cccc(OCc4ccc(-c5cnn(C(F)F)c5)cc4F)n3)CC2)nc2ccc(C(=O)O)cc21. The van der Waals surface area contributed by atoms with Gasteiger partial charge >= 0.3 is 12.5 Å². The zero-order valence-corrected chi connectivity index (χ0v) is 25.2. The number of ether oxygens (including phenoxy) is 2. The van der Waals surface area contributed by atoms with E-state index in [0.29, 0.717) is 46.9 Å². The van der Waals surface area contributed by atoms with Gasteiger partial charge in [-0.3, -0.25) is 4.90 Å². The number of aromatic nitrogens is 5. The molecular weight excluding hydrogens is 601 g/mol. The van der Waals surface area contributed by atoms with Crippen LogP contribution in [-0.2, 0) is 24.4 Å². The molecule has 13 heteroatoms. The fourth-order valence-corrected chi connectivity index (χ4v) is 5.77. The first kappa shape index (κ1) is 31.2. The van der Waals surface area contributed by atoms with Gasteiger partial charge in [-0.15, -0.1) is 0 Å². The highest BCUT2D eigenvalue weighted by atomic mass is 19.3. The van der Waals surface area contributed by atoms with E-state index in [0.717, 1.165) is 48.5 Å². The molecule has 240 valence electrons. The third kappa shape index (κ3) is 6.90. The van der Waals surface area contributed by atoms with Crippen molar-refractivity contribution < 1.29 is 32.5 Å². The number of carboxylic acid groups (broad SMARTS) is 1. The molecule has 1 fully saturated rings. The van der Waals surface area contributed by atoms with E-state index in [2.05, 4.69) is 10.00 Å². The summed E-state index contributed by atoms with van der Waals surface area (Å²) in [6.45, 7) is 0.549. The van der Waals surface area contributed by atoms with Crippen molar-refractivity contribution in [3.8, 4) is 17.0 Å². The summed E-state index contributed by atoms with van der Waals surface area (Å²) >= 11 is 0. The van der Waals surface area contributed by atoms with Crippen LogP contribution in [0.2, 0.25) is 0 Å². The largest absolute Gasteiger partial charge is 0.478 e. The molecule has 1 N–H and O–H groups in total. The molecule has 46 heavy (non-hydrogen) atoms. The van der Waals surface area contributed by atoms with Crippen molar-refractivity contribution in [3.63, 3.8) is 0 Å². The molecule has 1 aliphatic heterocycles. The number of rotatable bonds is 12. The molecular formula is C33H33F3N6O4. The molecule has 6 rings (SSSR count). The summed E-state index contributed by atoms with van der Waals surface area (Å²) in [5, 5.41) is 13.1. The quantitative estimate of drug-likeness (QED) is 0.175. The highest BCUT2D eigenvalue weighted by Gasteiger charge is 2.24. The van der Waals surface area contributed by atoms with E-state index in [1.54, 1.807) is 43.5 Å². The van der Waals surface area contributed by atoms with Gasteiger partial charge in [-0.2, -0.15) is 13.9 Å². The van der Waals surface area contributed by atoms with Gasteiger partial charge in [-0.25, -0.2) is 23.8 Å². The summed E-state index contributed by atoms with van der Waals surface area (Å²) in [5.74, 6) is 0.00800. The van der Waals surface area contributed by atoms with E-state index in [-0.39, 0.29) is 18.1 Å². The number of piperidine rings is 1. The molecule has 0 unspecified atom stereocenters.